The first-order valence-electron chi connectivity index (χ1n) is 7.24. The predicted octanol–water partition coefficient (Wildman–Crippen LogP) is 2.86. The predicted molar refractivity (Wildman–Crippen MR) is 89.0 cm³/mol. The van der Waals surface area contributed by atoms with E-state index in [0.717, 1.165) is 42.6 Å². The molecule has 0 amide bonds. The highest BCUT2D eigenvalue weighted by atomic mass is 32.1. The highest BCUT2D eigenvalue weighted by molar-refractivity contribution is 7.13. The van der Waals surface area contributed by atoms with Crippen LogP contribution in [-0.4, -0.2) is 31.8 Å². The second-order valence-corrected chi connectivity index (χ2v) is 5.80. The van der Waals surface area contributed by atoms with E-state index >= 15 is 0 Å². The van der Waals surface area contributed by atoms with Gasteiger partial charge >= 0.3 is 0 Å². The number of hydrogen-bond donors (Lipinski definition) is 1. The molecule has 0 aliphatic heterocycles. The molecule has 2 N–H and O–H groups in total. The third kappa shape index (κ3) is 4.81. The van der Waals surface area contributed by atoms with Crippen LogP contribution in [-0.2, 0) is 11.2 Å². The summed E-state index contributed by atoms with van der Waals surface area (Å²) in [4.78, 5) is 6.79. The average Bonchev–Trinajstić information content (AvgIpc) is 2.97. The molecular formula is C16H23N3OS. The highest BCUT2D eigenvalue weighted by Crippen LogP contribution is 2.22. The molecule has 2 aromatic rings. The fourth-order valence-electron chi connectivity index (χ4n) is 2.05. The molecular weight excluding hydrogens is 282 g/mol. The molecule has 0 aliphatic rings. The minimum atomic E-state index is -0.00474. The van der Waals surface area contributed by atoms with Gasteiger partial charge in [-0.1, -0.05) is 30.3 Å². The summed E-state index contributed by atoms with van der Waals surface area (Å²) < 4.78 is 5.37. The van der Waals surface area contributed by atoms with Crippen molar-refractivity contribution in [2.24, 2.45) is 5.73 Å². The fraction of sp³-hybridized carbons (Fsp3) is 0.438. The van der Waals surface area contributed by atoms with Crippen molar-refractivity contribution in [2.45, 2.75) is 19.4 Å². The van der Waals surface area contributed by atoms with Crippen molar-refractivity contribution in [1.29, 1.82) is 0 Å². The van der Waals surface area contributed by atoms with E-state index in [4.69, 9.17) is 10.5 Å². The van der Waals surface area contributed by atoms with Gasteiger partial charge < -0.3 is 15.4 Å². The lowest BCUT2D eigenvalue weighted by Crippen LogP contribution is -2.22. The Hall–Kier alpha value is -1.43. The van der Waals surface area contributed by atoms with Crippen LogP contribution in [0.15, 0.2) is 35.7 Å². The van der Waals surface area contributed by atoms with Gasteiger partial charge in [-0.3, -0.25) is 0 Å². The van der Waals surface area contributed by atoms with Crippen LogP contribution in [0.5, 0.6) is 0 Å². The van der Waals surface area contributed by atoms with Crippen molar-refractivity contribution in [3.8, 4) is 0 Å². The summed E-state index contributed by atoms with van der Waals surface area (Å²) in [7, 11) is 2.04. The standard InChI is InChI=1S/C16H23N3OS/c1-3-20-10-9-19(2)16-18-14(12-21-16)11-15(17)13-7-5-4-6-8-13/h4-8,12,15H,3,9-11,17H2,1-2H3. The highest BCUT2D eigenvalue weighted by Gasteiger charge is 2.11. The maximum absolute atomic E-state index is 6.24. The second kappa shape index (κ2) is 8.12. The van der Waals surface area contributed by atoms with E-state index in [2.05, 4.69) is 27.4 Å². The SMILES string of the molecule is CCOCCN(C)c1nc(CC(N)c2ccccc2)cs1. The molecule has 1 aromatic heterocycles. The van der Waals surface area contributed by atoms with E-state index in [-0.39, 0.29) is 6.04 Å². The Labute approximate surface area is 130 Å². The molecule has 1 unspecified atom stereocenters. The Kier molecular flexibility index (Phi) is 6.17. The van der Waals surface area contributed by atoms with E-state index in [1.54, 1.807) is 11.3 Å². The number of ether oxygens (including phenoxy) is 1. The first kappa shape index (κ1) is 15.9. The number of benzene rings is 1. The van der Waals surface area contributed by atoms with Crippen molar-refractivity contribution in [2.75, 3.05) is 31.7 Å². The lowest BCUT2D eigenvalue weighted by Gasteiger charge is -2.15. The third-order valence-corrected chi connectivity index (χ3v) is 4.30. The number of rotatable bonds is 8. The number of thiazole rings is 1. The first-order valence-corrected chi connectivity index (χ1v) is 8.12. The smallest absolute Gasteiger partial charge is 0.185 e. The number of nitrogens with zero attached hydrogens (tertiary/aromatic N) is 2. The van der Waals surface area contributed by atoms with Gasteiger partial charge in [-0.05, 0) is 12.5 Å². The molecule has 0 bridgehead atoms. The quantitative estimate of drug-likeness (QED) is 0.762. The maximum atomic E-state index is 6.24. The fourth-order valence-corrected chi connectivity index (χ4v) is 2.88. The van der Waals surface area contributed by atoms with Crippen LogP contribution >= 0.6 is 11.3 Å². The first-order chi connectivity index (χ1) is 10.2. The summed E-state index contributed by atoms with van der Waals surface area (Å²) >= 11 is 1.66. The van der Waals surface area contributed by atoms with Gasteiger partial charge in [-0.25, -0.2) is 4.98 Å². The Morgan fingerprint density at radius 3 is 2.81 bits per heavy atom. The zero-order chi connectivity index (χ0) is 15.1. The monoisotopic (exact) mass is 305 g/mol. The lowest BCUT2D eigenvalue weighted by molar-refractivity contribution is 0.154. The molecule has 0 spiro atoms. The van der Waals surface area contributed by atoms with Crippen molar-refractivity contribution < 1.29 is 4.74 Å². The van der Waals surface area contributed by atoms with Crippen LogP contribution in [0, 0.1) is 0 Å². The van der Waals surface area contributed by atoms with E-state index < -0.39 is 0 Å². The molecule has 0 saturated heterocycles. The van der Waals surface area contributed by atoms with Gasteiger partial charge in [0.1, 0.15) is 0 Å². The summed E-state index contributed by atoms with van der Waals surface area (Å²) in [6.07, 6.45) is 0.764. The number of likely N-dealkylation sites (N-methyl/N-ethyl adjacent to an activating group) is 1. The van der Waals surface area contributed by atoms with Crippen molar-refractivity contribution in [3.63, 3.8) is 0 Å². The largest absolute Gasteiger partial charge is 0.380 e. The Morgan fingerprint density at radius 1 is 1.33 bits per heavy atom. The van der Waals surface area contributed by atoms with Gasteiger partial charge in [0.05, 0.1) is 12.3 Å². The summed E-state index contributed by atoms with van der Waals surface area (Å²) in [5, 5.41) is 3.11. The summed E-state index contributed by atoms with van der Waals surface area (Å²) in [6.45, 7) is 4.34. The molecule has 5 heteroatoms. The normalized spacial score (nSPS) is 12.3. The Bertz CT molecular complexity index is 529. The molecule has 0 fully saturated rings. The number of anilines is 1. The van der Waals surface area contributed by atoms with Crippen LogP contribution in [0.1, 0.15) is 24.2 Å². The van der Waals surface area contributed by atoms with Crippen molar-refractivity contribution in [1.82, 2.24) is 4.98 Å². The molecule has 1 heterocycles. The summed E-state index contributed by atoms with van der Waals surface area (Å²) in [6, 6.07) is 10.2. The minimum absolute atomic E-state index is 0.00474. The number of hydrogen-bond acceptors (Lipinski definition) is 5. The maximum Gasteiger partial charge on any atom is 0.185 e. The van der Waals surface area contributed by atoms with Gasteiger partial charge in [-0.15, -0.1) is 11.3 Å². The van der Waals surface area contributed by atoms with Gasteiger partial charge in [-0.2, -0.15) is 0 Å². The molecule has 21 heavy (non-hydrogen) atoms. The summed E-state index contributed by atoms with van der Waals surface area (Å²) in [5.74, 6) is 0. The third-order valence-electron chi connectivity index (χ3n) is 3.30. The van der Waals surface area contributed by atoms with E-state index in [0.29, 0.717) is 0 Å². The number of nitrogens with two attached hydrogens (primary N) is 1. The van der Waals surface area contributed by atoms with Gasteiger partial charge in [0, 0.05) is 38.0 Å². The molecule has 2 rings (SSSR count). The minimum Gasteiger partial charge on any atom is -0.380 e. The lowest BCUT2D eigenvalue weighted by atomic mass is 10.0. The van der Waals surface area contributed by atoms with Crippen LogP contribution in [0.3, 0.4) is 0 Å². The zero-order valence-electron chi connectivity index (χ0n) is 12.7. The average molecular weight is 305 g/mol. The van der Waals surface area contributed by atoms with Crippen LogP contribution < -0.4 is 10.6 Å². The Morgan fingerprint density at radius 2 is 2.10 bits per heavy atom. The van der Waals surface area contributed by atoms with Gasteiger partial charge in [0.2, 0.25) is 0 Å². The molecule has 0 aliphatic carbocycles. The molecule has 114 valence electrons. The van der Waals surface area contributed by atoms with E-state index in [1.165, 1.54) is 0 Å². The van der Waals surface area contributed by atoms with E-state index in [9.17, 15) is 0 Å². The van der Waals surface area contributed by atoms with Crippen LogP contribution in [0.4, 0.5) is 5.13 Å². The van der Waals surface area contributed by atoms with Crippen molar-refractivity contribution in [3.05, 3.63) is 47.0 Å². The molecule has 1 atom stereocenters. The van der Waals surface area contributed by atoms with Gasteiger partial charge in [0.15, 0.2) is 5.13 Å². The molecule has 4 nitrogen and oxygen atoms in total. The molecule has 0 saturated carbocycles. The van der Waals surface area contributed by atoms with Crippen molar-refractivity contribution >= 4 is 16.5 Å². The number of aromatic nitrogens is 1. The molecule has 0 radical (unpaired) electrons. The second-order valence-electron chi connectivity index (χ2n) is 4.96. The van der Waals surface area contributed by atoms with E-state index in [1.807, 2.05) is 32.2 Å². The topological polar surface area (TPSA) is 51.4 Å². The van der Waals surface area contributed by atoms with Crippen LogP contribution in [0.2, 0.25) is 0 Å². The summed E-state index contributed by atoms with van der Waals surface area (Å²) in [5.41, 5.74) is 8.44. The van der Waals surface area contributed by atoms with Crippen LogP contribution in [0.25, 0.3) is 0 Å². The Balaban J connectivity index is 1.90. The van der Waals surface area contributed by atoms with Gasteiger partial charge in [0.25, 0.3) is 0 Å². The zero-order valence-corrected chi connectivity index (χ0v) is 13.5. The molecule has 1 aromatic carbocycles.